The number of likely N-dealkylation sites (N-methyl/N-ethyl adjacent to an activating group) is 2. The summed E-state index contributed by atoms with van der Waals surface area (Å²) in [5.41, 5.74) is 0. The van der Waals surface area contributed by atoms with Gasteiger partial charge >= 0.3 is 12.1 Å². The first kappa shape index (κ1) is 21.2. The third-order valence-electron chi connectivity index (χ3n) is 3.41. The molecule has 7 nitrogen and oxygen atoms in total. The molecule has 0 aromatic rings. The molecule has 134 valence electrons. The molecular weight excluding hydrogens is 300 g/mol. The SMILES string of the molecule is CCCCCCCCOC(=O)CN(C)C(=O)CN(C)C(=O)OC. The number of rotatable bonds is 11. The van der Waals surface area contributed by atoms with Crippen LogP contribution in [0.4, 0.5) is 4.79 Å². The van der Waals surface area contributed by atoms with Gasteiger partial charge in [0.1, 0.15) is 13.1 Å². The zero-order valence-corrected chi connectivity index (χ0v) is 14.8. The van der Waals surface area contributed by atoms with E-state index in [-0.39, 0.29) is 19.0 Å². The van der Waals surface area contributed by atoms with Crippen LogP contribution in [0.5, 0.6) is 0 Å². The zero-order valence-electron chi connectivity index (χ0n) is 14.8. The lowest BCUT2D eigenvalue weighted by Gasteiger charge is -2.20. The van der Waals surface area contributed by atoms with Gasteiger partial charge in [-0.25, -0.2) is 4.79 Å². The average Bonchev–Trinajstić information content (AvgIpc) is 2.52. The lowest BCUT2D eigenvalue weighted by Crippen LogP contribution is -2.41. The van der Waals surface area contributed by atoms with Crippen LogP contribution in [0.25, 0.3) is 0 Å². The van der Waals surface area contributed by atoms with Crippen molar-refractivity contribution in [2.45, 2.75) is 45.4 Å². The molecule has 0 unspecified atom stereocenters. The molecule has 0 rings (SSSR count). The van der Waals surface area contributed by atoms with Crippen molar-refractivity contribution in [1.29, 1.82) is 0 Å². The second-order valence-corrected chi connectivity index (χ2v) is 5.56. The van der Waals surface area contributed by atoms with E-state index >= 15 is 0 Å². The van der Waals surface area contributed by atoms with E-state index in [2.05, 4.69) is 11.7 Å². The van der Waals surface area contributed by atoms with Gasteiger partial charge in [0, 0.05) is 14.1 Å². The van der Waals surface area contributed by atoms with Crippen molar-refractivity contribution < 1.29 is 23.9 Å². The zero-order chi connectivity index (χ0) is 17.7. The Bertz CT molecular complexity index is 373. The molecule has 0 aliphatic carbocycles. The molecule has 0 fully saturated rings. The summed E-state index contributed by atoms with van der Waals surface area (Å²) in [6, 6.07) is 0. The van der Waals surface area contributed by atoms with Crippen LogP contribution in [0.3, 0.4) is 0 Å². The highest BCUT2D eigenvalue weighted by molar-refractivity contribution is 5.85. The molecule has 2 amide bonds. The van der Waals surface area contributed by atoms with Crippen LogP contribution < -0.4 is 0 Å². The summed E-state index contributed by atoms with van der Waals surface area (Å²) in [4.78, 5) is 37.1. The van der Waals surface area contributed by atoms with E-state index < -0.39 is 12.1 Å². The van der Waals surface area contributed by atoms with Crippen LogP contribution in [0, 0.1) is 0 Å². The Labute approximate surface area is 138 Å². The van der Waals surface area contributed by atoms with Crippen LogP contribution in [0.1, 0.15) is 45.4 Å². The van der Waals surface area contributed by atoms with Crippen molar-refractivity contribution in [2.24, 2.45) is 0 Å². The minimum absolute atomic E-state index is 0.121. The molecule has 0 aliphatic rings. The van der Waals surface area contributed by atoms with E-state index in [4.69, 9.17) is 4.74 Å². The normalized spacial score (nSPS) is 10.1. The third-order valence-corrected chi connectivity index (χ3v) is 3.41. The number of esters is 1. The molecule has 0 N–H and O–H groups in total. The van der Waals surface area contributed by atoms with Gasteiger partial charge in [-0.05, 0) is 6.42 Å². The first-order chi connectivity index (χ1) is 10.9. The number of nitrogens with zero attached hydrogens (tertiary/aromatic N) is 2. The lowest BCUT2D eigenvalue weighted by molar-refractivity contribution is -0.148. The van der Waals surface area contributed by atoms with Crippen molar-refractivity contribution in [3.05, 3.63) is 0 Å². The lowest BCUT2D eigenvalue weighted by atomic mass is 10.1. The molecule has 0 saturated carbocycles. The van der Waals surface area contributed by atoms with Crippen LogP contribution in [-0.4, -0.2) is 68.7 Å². The number of methoxy groups -OCH3 is 1. The molecule has 0 aromatic carbocycles. The van der Waals surface area contributed by atoms with E-state index in [1.54, 1.807) is 0 Å². The minimum Gasteiger partial charge on any atom is -0.464 e. The summed E-state index contributed by atoms with van der Waals surface area (Å²) in [5.74, 6) is -0.787. The number of carbonyl (C=O) groups is 3. The maximum Gasteiger partial charge on any atom is 0.409 e. The average molecular weight is 330 g/mol. The van der Waals surface area contributed by atoms with Gasteiger partial charge in [-0.2, -0.15) is 0 Å². The molecule has 0 saturated heterocycles. The van der Waals surface area contributed by atoms with Gasteiger partial charge in [0.25, 0.3) is 0 Å². The smallest absolute Gasteiger partial charge is 0.409 e. The van der Waals surface area contributed by atoms with E-state index in [9.17, 15) is 14.4 Å². The Morgan fingerprint density at radius 1 is 0.870 bits per heavy atom. The van der Waals surface area contributed by atoms with Crippen molar-refractivity contribution in [3.8, 4) is 0 Å². The second kappa shape index (κ2) is 12.7. The molecular formula is C16H30N2O5. The van der Waals surface area contributed by atoms with Gasteiger partial charge in [0.2, 0.25) is 5.91 Å². The highest BCUT2D eigenvalue weighted by atomic mass is 16.5. The predicted molar refractivity (Wildman–Crippen MR) is 87.0 cm³/mol. The summed E-state index contributed by atoms with van der Waals surface area (Å²) in [7, 11) is 4.19. The summed E-state index contributed by atoms with van der Waals surface area (Å²) in [5, 5.41) is 0. The highest BCUT2D eigenvalue weighted by Crippen LogP contribution is 2.05. The largest absolute Gasteiger partial charge is 0.464 e. The fraction of sp³-hybridized carbons (Fsp3) is 0.812. The van der Waals surface area contributed by atoms with Crippen molar-refractivity contribution >= 4 is 18.0 Å². The standard InChI is InChI=1S/C16H30N2O5/c1-5-6-7-8-9-10-11-23-15(20)13-17(2)14(19)12-18(3)16(21)22-4/h5-13H2,1-4H3. The van der Waals surface area contributed by atoms with Crippen molar-refractivity contribution in [1.82, 2.24) is 9.80 Å². The number of unbranched alkanes of at least 4 members (excludes halogenated alkanes) is 5. The van der Waals surface area contributed by atoms with Crippen LogP contribution >= 0.6 is 0 Å². The maximum absolute atomic E-state index is 11.9. The van der Waals surface area contributed by atoms with Crippen LogP contribution in [-0.2, 0) is 19.1 Å². The van der Waals surface area contributed by atoms with E-state index in [0.29, 0.717) is 6.61 Å². The minimum atomic E-state index is -0.600. The summed E-state index contributed by atoms with van der Waals surface area (Å²) >= 11 is 0. The quantitative estimate of drug-likeness (QED) is 0.428. The van der Waals surface area contributed by atoms with Crippen LogP contribution in [0.2, 0.25) is 0 Å². The van der Waals surface area contributed by atoms with Crippen LogP contribution in [0.15, 0.2) is 0 Å². The first-order valence-corrected chi connectivity index (χ1v) is 8.11. The number of carbonyl (C=O) groups excluding carboxylic acids is 3. The molecule has 0 atom stereocenters. The number of hydrogen-bond donors (Lipinski definition) is 0. The Morgan fingerprint density at radius 3 is 2.09 bits per heavy atom. The first-order valence-electron chi connectivity index (χ1n) is 8.11. The van der Waals surface area contributed by atoms with Crippen molar-refractivity contribution in [3.63, 3.8) is 0 Å². The number of hydrogen-bond acceptors (Lipinski definition) is 5. The molecule has 0 radical (unpaired) electrons. The van der Waals surface area contributed by atoms with E-state index in [1.165, 1.54) is 45.4 Å². The molecule has 0 aromatic heterocycles. The van der Waals surface area contributed by atoms with Gasteiger partial charge in [0.15, 0.2) is 0 Å². The molecule has 0 spiro atoms. The van der Waals surface area contributed by atoms with Gasteiger partial charge < -0.3 is 19.3 Å². The predicted octanol–water partition coefficient (Wildman–Crippen LogP) is 2.05. The van der Waals surface area contributed by atoms with Gasteiger partial charge in [-0.3, -0.25) is 9.59 Å². The Kier molecular flexibility index (Phi) is 11.7. The van der Waals surface area contributed by atoms with Crippen molar-refractivity contribution in [2.75, 3.05) is 40.9 Å². The topological polar surface area (TPSA) is 76.2 Å². The van der Waals surface area contributed by atoms with Gasteiger partial charge in [-0.15, -0.1) is 0 Å². The summed E-state index contributed by atoms with van der Waals surface area (Å²) < 4.78 is 9.60. The summed E-state index contributed by atoms with van der Waals surface area (Å²) in [6.45, 7) is 2.29. The van der Waals surface area contributed by atoms with Gasteiger partial charge in [-0.1, -0.05) is 39.0 Å². The van der Waals surface area contributed by atoms with E-state index in [1.807, 2.05) is 0 Å². The Morgan fingerprint density at radius 2 is 1.48 bits per heavy atom. The molecule has 0 heterocycles. The Balaban J connectivity index is 3.83. The molecule has 0 aliphatic heterocycles. The Hall–Kier alpha value is -1.79. The second-order valence-electron chi connectivity index (χ2n) is 5.56. The number of ether oxygens (including phenoxy) is 2. The van der Waals surface area contributed by atoms with E-state index in [0.717, 1.165) is 24.2 Å². The monoisotopic (exact) mass is 330 g/mol. The molecule has 23 heavy (non-hydrogen) atoms. The molecule has 0 bridgehead atoms. The third kappa shape index (κ3) is 10.5. The fourth-order valence-corrected chi connectivity index (χ4v) is 1.94. The molecule has 7 heteroatoms. The number of amides is 2. The fourth-order valence-electron chi connectivity index (χ4n) is 1.94. The summed E-state index contributed by atoms with van der Waals surface area (Å²) in [6.07, 6.45) is 6.12. The maximum atomic E-state index is 11.9. The van der Waals surface area contributed by atoms with Gasteiger partial charge in [0.05, 0.1) is 13.7 Å². The highest BCUT2D eigenvalue weighted by Gasteiger charge is 2.18.